The Balaban J connectivity index is 3.17. The Kier molecular flexibility index (Phi) is 11.2. The Morgan fingerprint density at radius 1 is 1.03 bits per heavy atom. The van der Waals surface area contributed by atoms with Gasteiger partial charge in [-0.05, 0) is 58.6 Å². The van der Waals surface area contributed by atoms with Crippen LogP contribution in [0.5, 0.6) is 0 Å². The Bertz CT molecular complexity index is 739. The summed E-state index contributed by atoms with van der Waals surface area (Å²) >= 11 is 0. The largest absolute Gasteiger partial charge is 0.444 e. The van der Waals surface area contributed by atoms with Crippen LogP contribution in [-0.2, 0) is 20.7 Å². The zero-order chi connectivity index (χ0) is 24.3. The van der Waals surface area contributed by atoms with Gasteiger partial charge in [0.05, 0.1) is 0 Å². The zero-order valence-electron chi connectivity index (χ0n) is 20.8. The van der Waals surface area contributed by atoms with Crippen molar-refractivity contribution in [3.05, 3.63) is 35.4 Å². The van der Waals surface area contributed by atoms with Gasteiger partial charge in [-0.1, -0.05) is 51.0 Å². The number of hydrogen-bond acceptors (Lipinski definition) is 4. The summed E-state index contributed by atoms with van der Waals surface area (Å²) in [5.74, 6) is -0.554. The maximum Gasteiger partial charge on any atom is 0.408 e. The van der Waals surface area contributed by atoms with Gasteiger partial charge < -0.3 is 20.3 Å². The highest BCUT2D eigenvalue weighted by molar-refractivity contribution is 5.90. The molecule has 32 heavy (non-hydrogen) atoms. The summed E-state index contributed by atoms with van der Waals surface area (Å²) in [4.78, 5) is 40.0. The molecule has 0 aromatic heterocycles. The second-order valence-corrected chi connectivity index (χ2v) is 9.31. The molecule has 0 bridgehead atoms. The van der Waals surface area contributed by atoms with Crippen LogP contribution < -0.4 is 10.6 Å². The average Bonchev–Trinajstić information content (AvgIpc) is 2.70. The summed E-state index contributed by atoms with van der Waals surface area (Å²) in [6, 6.07) is 6.95. The van der Waals surface area contributed by atoms with E-state index in [4.69, 9.17) is 4.74 Å². The number of unbranched alkanes of at least 4 members (excludes halogenated alkanes) is 2. The normalized spacial score (nSPS) is 12.2. The van der Waals surface area contributed by atoms with E-state index in [2.05, 4.69) is 24.5 Å². The van der Waals surface area contributed by atoms with Crippen LogP contribution in [0.1, 0.15) is 84.9 Å². The Labute approximate surface area is 193 Å². The number of amides is 3. The van der Waals surface area contributed by atoms with Crippen LogP contribution in [0.3, 0.4) is 0 Å². The van der Waals surface area contributed by atoms with Gasteiger partial charge in [-0.25, -0.2) is 4.79 Å². The third-order valence-electron chi connectivity index (χ3n) is 4.80. The Morgan fingerprint density at radius 3 is 2.16 bits per heavy atom. The number of ether oxygens (including phenoxy) is 1. The van der Waals surface area contributed by atoms with Crippen LogP contribution in [-0.4, -0.2) is 47.5 Å². The number of hydrogen-bond donors (Lipinski definition) is 2. The molecule has 0 aliphatic carbocycles. The van der Waals surface area contributed by atoms with Crippen LogP contribution in [0.15, 0.2) is 24.3 Å². The lowest BCUT2D eigenvalue weighted by molar-refractivity contribution is -0.140. The molecule has 0 aliphatic heterocycles. The van der Waals surface area contributed by atoms with Crippen LogP contribution >= 0.6 is 0 Å². The minimum atomic E-state index is -0.770. The Morgan fingerprint density at radius 2 is 1.66 bits per heavy atom. The smallest absolute Gasteiger partial charge is 0.408 e. The Hall–Kier alpha value is -2.57. The summed E-state index contributed by atoms with van der Waals surface area (Å²) < 4.78 is 5.24. The first-order chi connectivity index (χ1) is 15.0. The fourth-order valence-electron chi connectivity index (χ4n) is 3.27. The molecule has 1 rings (SSSR count). The minimum Gasteiger partial charge on any atom is -0.444 e. The predicted molar refractivity (Wildman–Crippen MR) is 127 cm³/mol. The van der Waals surface area contributed by atoms with Crippen molar-refractivity contribution >= 4 is 17.9 Å². The van der Waals surface area contributed by atoms with Crippen molar-refractivity contribution in [3.63, 3.8) is 0 Å². The number of carbonyl (C=O) groups excluding carboxylic acids is 3. The number of alkyl carbamates (subject to hydrolysis) is 1. The minimum absolute atomic E-state index is 0.0626. The summed E-state index contributed by atoms with van der Waals surface area (Å²) in [7, 11) is 0. The second-order valence-electron chi connectivity index (χ2n) is 9.31. The standard InChI is InChI=1S/C25H41N3O4/c1-8-10-11-16-28(21(29)17-26-24(31)32-25(5,6)7)22(23(30)27-18(3)4)20-14-12-19(9-2)13-15-20/h12-15,18,22H,8-11,16-17H2,1-7H3,(H,26,31)(H,27,30). The van der Waals surface area contributed by atoms with Crippen molar-refractivity contribution in [2.75, 3.05) is 13.1 Å². The first-order valence-electron chi connectivity index (χ1n) is 11.6. The first-order valence-corrected chi connectivity index (χ1v) is 11.6. The van der Waals surface area contributed by atoms with E-state index in [-0.39, 0.29) is 24.4 Å². The molecule has 7 heteroatoms. The predicted octanol–water partition coefficient (Wildman–Crippen LogP) is 4.36. The van der Waals surface area contributed by atoms with Crippen molar-refractivity contribution in [1.82, 2.24) is 15.5 Å². The van der Waals surface area contributed by atoms with E-state index in [0.29, 0.717) is 6.54 Å². The number of nitrogens with zero attached hydrogens (tertiary/aromatic N) is 1. The maximum atomic E-state index is 13.2. The first kappa shape index (κ1) is 27.5. The van der Waals surface area contributed by atoms with E-state index in [1.807, 2.05) is 38.1 Å². The molecule has 1 atom stereocenters. The van der Waals surface area contributed by atoms with Crippen molar-refractivity contribution in [1.29, 1.82) is 0 Å². The molecule has 3 amide bonds. The summed E-state index contributed by atoms with van der Waals surface area (Å²) in [6.45, 7) is 13.4. The summed E-state index contributed by atoms with van der Waals surface area (Å²) in [6.07, 6.45) is 2.94. The zero-order valence-corrected chi connectivity index (χ0v) is 20.8. The molecular formula is C25H41N3O4. The molecule has 180 valence electrons. The van der Waals surface area contributed by atoms with E-state index in [9.17, 15) is 14.4 Å². The van der Waals surface area contributed by atoms with Crippen LogP contribution in [0, 0.1) is 0 Å². The molecule has 0 saturated carbocycles. The molecule has 1 unspecified atom stereocenters. The third kappa shape index (κ3) is 9.71. The number of aryl methyl sites for hydroxylation is 1. The van der Waals surface area contributed by atoms with E-state index < -0.39 is 17.7 Å². The van der Waals surface area contributed by atoms with Crippen molar-refractivity contribution in [2.45, 2.75) is 91.8 Å². The van der Waals surface area contributed by atoms with Crippen molar-refractivity contribution in [2.24, 2.45) is 0 Å². The van der Waals surface area contributed by atoms with Gasteiger partial charge in [0, 0.05) is 12.6 Å². The quantitative estimate of drug-likeness (QED) is 0.494. The van der Waals surface area contributed by atoms with Gasteiger partial charge in [-0.3, -0.25) is 9.59 Å². The third-order valence-corrected chi connectivity index (χ3v) is 4.80. The molecule has 0 radical (unpaired) electrons. The summed E-state index contributed by atoms with van der Waals surface area (Å²) in [5.41, 5.74) is 1.25. The molecule has 1 aromatic carbocycles. The number of nitrogens with one attached hydrogen (secondary N) is 2. The fourth-order valence-corrected chi connectivity index (χ4v) is 3.27. The lowest BCUT2D eigenvalue weighted by Crippen LogP contribution is -2.49. The summed E-state index contributed by atoms with van der Waals surface area (Å²) in [5, 5.41) is 5.48. The fraction of sp³-hybridized carbons (Fsp3) is 0.640. The maximum absolute atomic E-state index is 13.2. The molecule has 2 N–H and O–H groups in total. The molecule has 0 fully saturated rings. The second kappa shape index (κ2) is 13.1. The van der Waals surface area contributed by atoms with Crippen molar-refractivity contribution in [3.8, 4) is 0 Å². The molecule has 0 spiro atoms. The molecule has 0 saturated heterocycles. The molecule has 7 nitrogen and oxygen atoms in total. The number of rotatable bonds is 11. The molecule has 1 aromatic rings. The SMILES string of the molecule is CCCCCN(C(=O)CNC(=O)OC(C)(C)C)C(C(=O)NC(C)C)c1ccc(CC)cc1. The number of benzene rings is 1. The van der Waals surface area contributed by atoms with Crippen molar-refractivity contribution < 1.29 is 19.1 Å². The van der Waals surface area contributed by atoms with Crippen LogP contribution in [0.2, 0.25) is 0 Å². The highest BCUT2D eigenvalue weighted by Gasteiger charge is 2.31. The van der Waals surface area contributed by atoms with Gasteiger partial charge >= 0.3 is 6.09 Å². The lowest BCUT2D eigenvalue weighted by Gasteiger charge is -2.32. The van der Waals surface area contributed by atoms with E-state index >= 15 is 0 Å². The van der Waals surface area contributed by atoms with Gasteiger partial charge in [0.1, 0.15) is 18.2 Å². The molecular weight excluding hydrogens is 406 g/mol. The highest BCUT2D eigenvalue weighted by Crippen LogP contribution is 2.23. The van der Waals surface area contributed by atoms with Gasteiger partial charge in [-0.15, -0.1) is 0 Å². The van der Waals surface area contributed by atoms with Crippen LogP contribution in [0.4, 0.5) is 4.79 Å². The van der Waals surface area contributed by atoms with E-state index in [1.54, 1.807) is 25.7 Å². The highest BCUT2D eigenvalue weighted by atomic mass is 16.6. The molecule has 0 heterocycles. The van der Waals surface area contributed by atoms with Gasteiger partial charge in [0.15, 0.2) is 0 Å². The van der Waals surface area contributed by atoms with Gasteiger partial charge in [0.2, 0.25) is 11.8 Å². The van der Waals surface area contributed by atoms with E-state index in [1.165, 1.54) is 0 Å². The number of carbonyl (C=O) groups is 3. The lowest BCUT2D eigenvalue weighted by atomic mass is 10.0. The average molecular weight is 448 g/mol. The monoisotopic (exact) mass is 447 g/mol. The van der Waals surface area contributed by atoms with Crippen LogP contribution in [0.25, 0.3) is 0 Å². The van der Waals surface area contributed by atoms with Gasteiger partial charge in [0.25, 0.3) is 0 Å². The van der Waals surface area contributed by atoms with E-state index in [0.717, 1.165) is 36.8 Å². The molecule has 0 aliphatic rings. The topological polar surface area (TPSA) is 87.7 Å². The van der Waals surface area contributed by atoms with Gasteiger partial charge in [-0.2, -0.15) is 0 Å².